The number of rotatable bonds is 3. The topological polar surface area (TPSA) is 95.7 Å². The molecule has 0 aliphatic rings. The molecule has 2 rings (SSSR count). The lowest BCUT2D eigenvalue weighted by Crippen LogP contribution is -2.14. The van der Waals surface area contributed by atoms with Gasteiger partial charge < -0.3 is 5.32 Å². The fraction of sp³-hybridized carbons (Fsp3) is 0.375. The first kappa shape index (κ1) is 16.6. The number of carbonyl (C=O) groups is 1. The van der Waals surface area contributed by atoms with Crippen LogP contribution in [0.4, 0.5) is 11.5 Å². The first-order chi connectivity index (χ1) is 10.7. The quantitative estimate of drug-likeness (QED) is 0.521. The lowest BCUT2D eigenvalue weighted by molar-refractivity contribution is 0.102. The van der Waals surface area contributed by atoms with Crippen LogP contribution in [0.1, 0.15) is 42.4 Å². The largest absolute Gasteiger partial charge is 0.307 e. The average Bonchev–Trinajstić information content (AvgIpc) is 2.83. The van der Waals surface area contributed by atoms with Crippen molar-refractivity contribution in [3.05, 3.63) is 51.5 Å². The number of benzene rings is 1. The fourth-order valence-corrected chi connectivity index (χ4v) is 2.05. The zero-order chi connectivity index (χ0) is 17.2. The molecule has 2 aromatic rings. The number of hydrogen-bond donors (Lipinski definition) is 1. The SMILES string of the molecule is Cc1ccc(C(=O)Nc2cc(C(C)(C)C)nn2C)cc1N=[N+]=[N-]. The van der Waals surface area contributed by atoms with E-state index in [0.29, 0.717) is 17.1 Å². The molecule has 0 aliphatic carbocycles. The van der Waals surface area contributed by atoms with Crippen molar-refractivity contribution in [2.45, 2.75) is 33.1 Å². The molecule has 0 bridgehead atoms. The standard InChI is InChI=1S/C16H20N6O/c1-10-6-7-11(8-12(10)19-21-17)15(23)18-14-9-13(16(2,3)4)20-22(14)5/h6-9H,1-5H3,(H,18,23). The summed E-state index contributed by atoms with van der Waals surface area (Å²) in [6, 6.07) is 6.89. The van der Waals surface area contributed by atoms with Crippen LogP contribution in [0.2, 0.25) is 0 Å². The van der Waals surface area contributed by atoms with Gasteiger partial charge in [0, 0.05) is 34.7 Å². The average molecular weight is 312 g/mol. The van der Waals surface area contributed by atoms with Crippen LogP contribution in [0.5, 0.6) is 0 Å². The fourth-order valence-electron chi connectivity index (χ4n) is 2.05. The molecule has 0 saturated carbocycles. The van der Waals surface area contributed by atoms with Crippen molar-refractivity contribution in [2.75, 3.05) is 5.32 Å². The second-order valence-electron chi connectivity index (χ2n) is 6.43. The van der Waals surface area contributed by atoms with E-state index in [-0.39, 0.29) is 11.3 Å². The van der Waals surface area contributed by atoms with Gasteiger partial charge in [-0.25, -0.2) is 0 Å². The van der Waals surface area contributed by atoms with Crippen LogP contribution in [0.15, 0.2) is 29.4 Å². The number of hydrogen-bond acceptors (Lipinski definition) is 3. The summed E-state index contributed by atoms with van der Waals surface area (Å²) in [5.74, 6) is 0.341. The summed E-state index contributed by atoms with van der Waals surface area (Å²) in [5, 5.41) is 10.9. The molecule has 1 aromatic heterocycles. The highest BCUT2D eigenvalue weighted by molar-refractivity contribution is 6.04. The first-order valence-corrected chi connectivity index (χ1v) is 7.24. The van der Waals surface area contributed by atoms with Crippen molar-refractivity contribution < 1.29 is 4.79 Å². The third kappa shape index (κ3) is 3.70. The number of nitrogens with zero attached hydrogens (tertiary/aromatic N) is 5. The summed E-state index contributed by atoms with van der Waals surface area (Å²) in [7, 11) is 1.78. The number of nitrogens with one attached hydrogen (secondary N) is 1. The van der Waals surface area contributed by atoms with Gasteiger partial charge in [-0.2, -0.15) is 5.10 Å². The Kier molecular flexibility index (Phi) is 4.43. The molecule has 1 amide bonds. The number of aryl methyl sites for hydroxylation is 2. The van der Waals surface area contributed by atoms with E-state index in [2.05, 4.69) is 41.2 Å². The molecule has 0 saturated heterocycles. The maximum absolute atomic E-state index is 12.4. The molecule has 7 nitrogen and oxygen atoms in total. The van der Waals surface area contributed by atoms with E-state index in [4.69, 9.17) is 5.53 Å². The van der Waals surface area contributed by atoms with E-state index >= 15 is 0 Å². The molecular weight excluding hydrogens is 292 g/mol. The van der Waals surface area contributed by atoms with Crippen molar-refractivity contribution in [1.82, 2.24) is 9.78 Å². The van der Waals surface area contributed by atoms with Crippen LogP contribution in [0.25, 0.3) is 10.4 Å². The van der Waals surface area contributed by atoms with E-state index < -0.39 is 0 Å². The molecule has 0 radical (unpaired) electrons. The molecule has 23 heavy (non-hydrogen) atoms. The lowest BCUT2D eigenvalue weighted by Gasteiger charge is -2.13. The van der Waals surface area contributed by atoms with E-state index in [1.807, 2.05) is 13.0 Å². The van der Waals surface area contributed by atoms with Crippen molar-refractivity contribution in [3.8, 4) is 0 Å². The van der Waals surface area contributed by atoms with Crippen LogP contribution in [0, 0.1) is 6.92 Å². The molecule has 0 atom stereocenters. The number of carbonyl (C=O) groups excluding carboxylic acids is 1. The minimum Gasteiger partial charge on any atom is -0.307 e. The maximum atomic E-state index is 12.4. The Morgan fingerprint density at radius 3 is 2.61 bits per heavy atom. The lowest BCUT2D eigenvalue weighted by atomic mass is 9.92. The summed E-state index contributed by atoms with van der Waals surface area (Å²) < 4.78 is 1.64. The minimum atomic E-state index is -0.275. The van der Waals surface area contributed by atoms with Gasteiger partial charge in [-0.1, -0.05) is 32.0 Å². The third-order valence-corrected chi connectivity index (χ3v) is 3.51. The highest BCUT2D eigenvalue weighted by Gasteiger charge is 2.20. The Morgan fingerprint density at radius 1 is 1.35 bits per heavy atom. The first-order valence-electron chi connectivity index (χ1n) is 7.24. The minimum absolute atomic E-state index is 0.0979. The zero-order valence-electron chi connectivity index (χ0n) is 14.0. The van der Waals surface area contributed by atoms with Gasteiger partial charge in [0.2, 0.25) is 0 Å². The number of amides is 1. The van der Waals surface area contributed by atoms with Crippen molar-refractivity contribution >= 4 is 17.4 Å². The molecule has 7 heteroatoms. The number of anilines is 1. The monoisotopic (exact) mass is 312 g/mol. The molecule has 0 spiro atoms. The van der Waals surface area contributed by atoms with Gasteiger partial charge in [-0.15, -0.1) is 0 Å². The smallest absolute Gasteiger partial charge is 0.256 e. The molecule has 120 valence electrons. The summed E-state index contributed by atoms with van der Waals surface area (Å²) in [6.07, 6.45) is 0. The molecule has 0 unspecified atom stereocenters. The van der Waals surface area contributed by atoms with E-state index in [1.165, 1.54) is 0 Å². The molecule has 1 N–H and O–H groups in total. The van der Waals surface area contributed by atoms with E-state index in [0.717, 1.165) is 11.3 Å². The van der Waals surface area contributed by atoms with Crippen molar-refractivity contribution in [3.63, 3.8) is 0 Å². The van der Waals surface area contributed by atoms with Crippen LogP contribution in [0.3, 0.4) is 0 Å². The van der Waals surface area contributed by atoms with E-state index in [9.17, 15) is 4.79 Å². The Balaban J connectivity index is 2.28. The van der Waals surface area contributed by atoms with Gasteiger partial charge in [0.1, 0.15) is 5.82 Å². The third-order valence-electron chi connectivity index (χ3n) is 3.51. The summed E-state index contributed by atoms with van der Waals surface area (Å²) in [6.45, 7) is 8.01. The van der Waals surface area contributed by atoms with Gasteiger partial charge >= 0.3 is 0 Å². The Labute approximate surface area is 134 Å². The van der Waals surface area contributed by atoms with Crippen LogP contribution in [-0.4, -0.2) is 15.7 Å². The molecule has 0 fully saturated rings. The molecular formula is C16H20N6O. The Bertz CT molecular complexity index is 793. The second-order valence-corrected chi connectivity index (χ2v) is 6.43. The Hall–Kier alpha value is -2.79. The second kappa shape index (κ2) is 6.14. The Morgan fingerprint density at radius 2 is 2.04 bits per heavy atom. The normalized spacial score (nSPS) is 11.0. The van der Waals surface area contributed by atoms with Crippen molar-refractivity contribution in [2.24, 2.45) is 12.2 Å². The molecule has 1 aromatic carbocycles. The van der Waals surface area contributed by atoms with Crippen LogP contribution >= 0.6 is 0 Å². The predicted octanol–water partition coefficient (Wildman–Crippen LogP) is 4.22. The van der Waals surface area contributed by atoms with E-state index in [1.54, 1.807) is 29.9 Å². The highest BCUT2D eigenvalue weighted by atomic mass is 16.1. The van der Waals surface area contributed by atoms with Gasteiger partial charge in [0.15, 0.2) is 0 Å². The summed E-state index contributed by atoms with van der Waals surface area (Å²) >= 11 is 0. The van der Waals surface area contributed by atoms with Crippen molar-refractivity contribution in [1.29, 1.82) is 0 Å². The summed E-state index contributed by atoms with van der Waals surface area (Å²) in [4.78, 5) is 15.2. The number of aromatic nitrogens is 2. The van der Waals surface area contributed by atoms with Crippen LogP contribution < -0.4 is 5.32 Å². The summed E-state index contributed by atoms with van der Waals surface area (Å²) in [5.41, 5.74) is 11.1. The number of azide groups is 1. The van der Waals surface area contributed by atoms with Gasteiger partial charge in [0.25, 0.3) is 5.91 Å². The van der Waals surface area contributed by atoms with Gasteiger partial charge in [-0.3, -0.25) is 9.48 Å². The molecule has 1 heterocycles. The maximum Gasteiger partial charge on any atom is 0.256 e. The molecule has 0 aliphatic heterocycles. The van der Waals surface area contributed by atoms with Crippen LogP contribution in [-0.2, 0) is 12.5 Å². The van der Waals surface area contributed by atoms with Gasteiger partial charge in [0.05, 0.1) is 5.69 Å². The van der Waals surface area contributed by atoms with Gasteiger partial charge in [-0.05, 0) is 30.2 Å². The predicted molar refractivity (Wildman–Crippen MR) is 89.8 cm³/mol. The zero-order valence-corrected chi connectivity index (χ0v) is 14.0. The highest BCUT2D eigenvalue weighted by Crippen LogP contribution is 2.24.